The van der Waals surface area contributed by atoms with E-state index in [0.29, 0.717) is 33.9 Å². The highest BCUT2D eigenvalue weighted by Gasteiger charge is 2.32. The number of ether oxygens (including phenoxy) is 2. The van der Waals surface area contributed by atoms with Crippen molar-refractivity contribution in [2.45, 2.75) is 27.0 Å². The molecule has 0 aromatic heterocycles. The minimum Gasteiger partial charge on any atom is -0.490 e. The monoisotopic (exact) mass is 493 g/mol. The fourth-order valence-electron chi connectivity index (χ4n) is 3.45. The topological polar surface area (TPSA) is 38.8 Å². The zero-order valence-electron chi connectivity index (χ0n) is 18.9. The summed E-state index contributed by atoms with van der Waals surface area (Å²) in [6, 6.07) is 19.8. The smallest absolute Gasteiger partial charge is 0.266 e. The number of benzene rings is 3. The number of amides is 1. The molecule has 0 N–H and O–H groups in total. The zero-order valence-corrected chi connectivity index (χ0v) is 20.5. The third kappa shape index (κ3) is 5.85. The number of hydrogen-bond acceptors (Lipinski definition) is 5. The minimum atomic E-state index is -0.304. The summed E-state index contributed by atoms with van der Waals surface area (Å²) >= 11 is 6.76. The van der Waals surface area contributed by atoms with Gasteiger partial charge in [0.25, 0.3) is 5.91 Å². The van der Waals surface area contributed by atoms with Gasteiger partial charge in [-0.05, 0) is 60.9 Å². The average molecular weight is 494 g/mol. The van der Waals surface area contributed by atoms with Crippen LogP contribution in [0.3, 0.4) is 0 Å². The van der Waals surface area contributed by atoms with Gasteiger partial charge >= 0.3 is 0 Å². The minimum absolute atomic E-state index is 0.111. The first kappa shape index (κ1) is 24.0. The van der Waals surface area contributed by atoms with Gasteiger partial charge in [-0.1, -0.05) is 72.0 Å². The second-order valence-corrected chi connectivity index (χ2v) is 9.49. The summed E-state index contributed by atoms with van der Waals surface area (Å²) in [7, 11) is 0. The standard InChI is InChI=1S/C27H24FNO3S2/c1-3-31-24-14-20(11-12-23(24)32-17-21-5-4-6-22(28)13-21)15-25-26(30)29(27(33)34-25)16-19-9-7-18(2)8-10-19/h4-15H,3,16-17H2,1-2H3/b25-15-. The first-order valence-electron chi connectivity index (χ1n) is 10.9. The summed E-state index contributed by atoms with van der Waals surface area (Å²) in [5.41, 5.74) is 3.73. The zero-order chi connectivity index (χ0) is 24.1. The Balaban J connectivity index is 1.50. The molecule has 0 saturated carbocycles. The van der Waals surface area contributed by atoms with Crippen molar-refractivity contribution in [3.05, 3.63) is 99.7 Å². The Morgan fingerprint density at radius 2 is 1.79 bits per heavy atom. The predicted molar refractivity (Wildman–Crippen MR) is 138 cm³/mol. The van der Waals surface area contributed by atoms with Crippen molar-refractivity contribution in [2.75, 3.05) is 6.61 Å². The molecule has 1 aliphatic rings. The second kappa shape index (κ2) is 10.8. The molecule has 1 heterocycles. The van der Waals surface area contributed by atoms with Crippen LogP contribution in [0.1, 0.15) is 29.2 Å². The third-order valence-corrected chi connectivity index (χ3v) is 6.56. The van der Waals surface area contributed by atoms with Gasteiger partial charge in [-0.25, -0.2) is 4.39 Å². The predicted octanol–water partition coefficient (Wildman–Crippen LogP) is 6.51. The number of hydrogen-bond donors (Lipinski definition) is 0. The van der Waals surface area contributed by atoms with E-state index in [9.17, 15) is 9.18 Å². The number of halogens is 1. The van der Waals surface area contributed by atoms with Gasteiger partial charge in [-0.2, -0.15) is 0 Å². The fraction of sp³-hybridized carbons (Fsp3) is 0.185. The molecule has 0 bridgehead atoms. The first-order chi connectivity index (χ1) is 16.4. The largest absolute Gasteiger partial charge is 0.490 e. The Kier molecular flexibility index (Phi) is 7.65. The number of thioether (sulfide) groups is 1. The van der Waals surface area contributed by atoms with Crippen molar-refractivity contribution in [3.8, 4) is 11.5 Å². The third-order valence-electron chi connectivity index (χ3n) is 5.18. The van der Waals surface area contributed by atoms with E-state index in [1.165, 1.54) is 29.5 Å². The van der Waals surface area contributed by atoms with Gasteiger partial charge < -0.3 is 9.47 Å². The van der Waals surface area contributed by atoms with Crippen LogP contribution in [-0.2, 0) is 17.9 Å². The average Bonchev–Trinajstić information content (AvgIpc) is 3.07. The lowest BCUT2D eigenvalue weighted by atomic mass is 10.1. The molecule has 3 aromatic carbocycles. The van der Waals surface area contributed by atoms with Crippen molar-refractivity contribution in [1.82, 2.24) is 4.90 Å². The van der Waals surface area contributed by atoms with Crippen LogP contribution in [0.2, 0.25) is 0 Å². The van der Waals surface area contributed by atoms with Crippen molar-refractivity contribution >= 4 is 40.3 Å². The normalized spacial score (nSPS) is 14.7. The maximum Gasteiger partial charge on any atom is 0.266 e. The molecular formula is C27H24FNO3S2. The second-order valence-electron chi connectivity index (χ2n) is 7.81. The van der Waals surface area contributed by atoms with Crippen LogP contribution in [0.25, 0.3) is 6.08 Å². The Morgan fingerprint density at radius 3 is 2.53 bits per heavy atom. The molecule has 0 spiro atoms. The van der Waals surface area contributed by atoms with E-state index in [2.05, 4.69) is 0 Å². The number of carbonyl (C=O) groups is 1. The van der Waals surface area contributed by atoms with Gasteiger partial charge in [0.05, 0.1) is 18.1 Å². The molecular weight excluding hydrogens is 469 g/mol. The molecule has 3 aromatic rings. The van der Waals surface area contributed by atoms with Crippen LogP contribution in [0.4, 0.5) is 4.39 Å². The van der Waals surface area contributed by atoms with Crippen LogP contribution in [0, 0.1) is 12.7 Å². The number of nitrogens with zero attached hydrogens (tertiary/aromatic N) is 1. The van der Waals surface area contributed by atoms with Gasteiger partial charge in [0.1, 0.15) is 16.7 Å². The van der Waals surface area contributed by atoms with Crippen molar-refractivity contribution in [3.63, 3.8) is 0 Å². The summed E-state index contributed by atoms with van der Waals surface area (Å²) in [6.45, 7) is 5.03. The Morgan fingerprint density at radius 1 is 1.00 bits per heavy atom. The maximum absolute atomic E-state index is 13.4. The lowest BCUT2D eigenvalue weighted by molar-refractivity contribution is -0.122. The Labute approximate surface area is 208 Å². The summed E-state index contributed by atoms with van der Waals surface area (Å²) in [5, 5.41) is 0. The SMILES string of the molecule is CCOc1cc(/C=C2\SC(=S)N(Cc3ccc(C)cc3)C2=O)ccc1OCc1cccc(F)c1. The molecule has 1 saturated heterocycles. The Hall–Kier alpha value is -3.16. The molecule has 174 valence electrons. The Bertz CT molecular complexity index is 1240. The van der Waals surface area contributed by atoms with Crippen LogP contribution in [0.15, 0.2) is 71.6 Å². The lowest BCUT2D eigenvalue weighted by Gasteiger charge is -2.14. The van der Waals surface area contributed by atoms with Gasteiger partial charge in [0.2, 0.25) is 0 Å². The number of carbonyl (C=O) groups excluding carboxylic acids is 1. The van der Waals surface area contributed by atoms with Crippen LogP contribution in [0.5, 0.6) is 11.5 Å². The molecule has 0 unspecified atom stereocenters. The summed E-state index contributed by atoms with van der Waals surface area (Å²) in [4.78, 5) is 15.2. The molecule has 0 radical (unpaired) electrons. The van der Waals surface area contributed by atoms with Gasteiger partial charge in [0.15, 0.2) is 11.5 Å². The maximum atomic E-state index is 13.4. The van der Waals surface area contributed by atoms with E-state index in [1.807, 2.05) is 56.3 Å². The molecule has 7 heteroatoms. The summed E-state index contributed by atoms with van der Waals surface area (Å²) < 4.78 is 25.6. The molecule has 0 atom stereocenters. The summed E-state index contributed by atoms with van der Waals surface area (Å²) in [5.74, 6) is 0.694. The van der Waals surface area contributed by atoms with E-state index in [0.717, 1.165) is 16.7 Å². The summed E-state index contributed by atoms with van der Waals surface area (Å²) in [6.07, 6.45) is 1.81. The molecule has 0 aliphatic carbocycles. The van der Waals surface area contributed by atoms with Gasteiger partial charge in [0, 0.05) is 0 Å². The lowest BCUT2D eigenvalue weighted by Crippen LogP contribution is -2.27. The highest BCUT2D eigenvalue weighted by molar-refractivity contribution is 8.26. The van der Waals surface area contributed by atoms with Gasteiger partial charge in [-0.15, -0.1) is 0 Å². The first-order valence-corrected chi connectivity index (χ1v) is 12.1. The molecule has 1 aliphatic heterocycles. The van der Waals surface area contributed by atoms with E-state index in [-0.39, 0.29) is 18.3 Å². The van der Waals surface area contributed by atoms with E-state index >= 15 is 0 Å². The highest BCUT2D eigenvalue weighted by atomic mass is 32.2. The number of rotatable bonds is 8. The number of aryl methyl sites for hydroxylation is 1. The molecule has 1 amide bonds. The van der Waals surface area contributed by atoms with Crippen molar-refractivity contribution in [1.29, 1.82) is 0 Å². The van der Waals surface area contributed by atoms with E-state index in [4.69, 9.17) is 21.7 Å². The molecule has 4 nitrogen and oxygen atoms in total. The van der Waals surface area contributed by atoms with Crippen LogP contribution >= 0.6 is 24.0 Å². The van der Waals surface area contributed by atoms with Crippen LogP contribution < -0.4 is 9.47 Å². The van der Waals surface area contributed by atoms with E-state index in [1.54, 1.807) is 23.1 Å². The molecule has 34 heavy (non-hydrogen) atoms. The number of thiocarbonyl (C=S) groups is 1. The fourth-order valence-corrected chi connectivity index (χ4v) is 4.71. The quantitative estimate of drug-likeness (QED) is 0.264. The van der Waals surface area contributed by atoms with Crippen LogP contribution in [-0.4, -0.2) is 21.7 Å². The van der Waals surface area contributed by atoms with Crippen molar-refractivity contribution in [2.24, 2.45) is 0 Å². The van der Waals surface area contributed by atoms with Crippen molar-refractivity contribution < 1.29 is 18.7 Å². The molecule has 4 rings (SSSR count). The molecule has 1 fully saturated rings. The highest BCUT2D eigenvalue weighted by Crippen LogP contribution is 2.36. The van der Waals surface area contributed by atoms with E-state index < -0.39 is 0 Å². The van der Waals surface area contributed by atoms with Gasteiger partial charge in [-0.3, -0.25) is 9.69 Å².